The van der Waals surface area contributed by atoms with E-state index in [2.05, 4.69) is 15.6 Å². The van der Waals surface area contributed by atoms with Crippen LogP contribution in [0.15, 0.2) is 30.6 Å². The molecule has 2 aromatic heterocycles. The Bertz CT molecular complexity index is 555. The minimum absolute atomic E-state index is 0.0643. The highest BCUT2D eigenvalue weighted by atomic mass is 16.1. The van der Waals surface area contributed by atoms with Crippen LogP contribution in [0.2, 0.25) is 0 Å². The van der Waals surface area contributed by atoms with Crippen LogP contribution in [0.1, 0.15) is 18.5 Å². The number of amides is 1. The molecule has 0 aliphatic heterocycles. The van der Waals surface area contributed by atoms with Gasteiger partial charge in [-0.3, -0.25) is 4.79 Å². The van der Waals surface area contributed by atoms with Crippen molar-refractivity contribution in [1.82, 2.24) is 20.0 Å². The zero-order valence-electron chi connectivity index (χ0n) is 11.5. The fourth-order valence-corrected chi connectivity index (χ4v) is 2.21. The maximum Gasteiger partial charge on any atom is 0.233 e. The van der Waals surface area contributed by atoms with Gasteiger partial charge < -0.3 is 15.0 Å². The molecule has 5 heteroatoms. The van der Waals surface area contributed by atoms with Gasteiger partial charge >= 0.3 is 0 Å². The van der Waals surface area contributed by atoms with Gasteiger partial charge in [0, 0.05) is 25.4 Å². The molecular formula is C15H20N4O. The van der Waals surface area contributed by atoms with Gasteiger partial charge in [0.05, 0.1) is 12.2 Å². The van der Waals surface area contributed by atoms with Crippen LogP contribution >= 0.6 is 0 Å². The van der Waals surface area contributed by atoms with Gasteiger partial charge in [-0.2, -0.15) is 0 Å². The van der Waals surface area contributed by atoms with Crippen molar-refractivity contribution in [3.63, 3.8) is 0 Å². The Morgan fingerprint density at radius 2 is 2.30 bits per heavy atom. The molecule has 1 amide bonds. The molecule has 0 aromatic carbocycles. The Labute approximate surface area is 118 Å². The first kappa shape index (κ1) is 13.1. The van der Waals surface area contributed by atoms with E-state index in [4.69, 9.17) is 0 Å². The highest BCUT2D eigenvalue weighted by Crippen LogP contribution is 2.27. The van der Waals surface area contributed by atoms with Gasteiger partial charge in [0.1, 0.15) is 5.65 Å². The summed E-state index contributed by atoms with van der Waals surface area (Å²) in [5.41, 5.74) is 1.95. The highest BCUT2D eigenvalue weighted by Gasteiger charge is 2.20. The number of nitrogens with zero attached hydrogens (tertiary/aromatic N) is 2. The van der Waals surface area contributed by atoms with Gasteiger partial charge in [-0.25, -0.2) is 4.98 Å². The van der Waals surface area contributed by atoms with E-state index in [0.29, 0.717) is 13.1 Å². The Morgan fingerprint density at radius 3 is 3.10 bits per heavy atom. The number of rotatable bonds is 7. The smallest absolute Gasteiger partial charge is 0.233 e. The molecule has 1 aliphatic rings. The van der Waals surface area contributed by atoms with Crippen molar-refractivity contribution in [2.75, 3.05) is 19.6 Å². The topological polar surface area (TPSA) is 58.4 Å². The summed E-state index contributed by atoms with van der Waals surface area (Å²) >= 11 is 0. The van der Waals surface area contributed by atoms with Crippen molar-refractivity contribution in [3.05, 3.63) is 36.3 Å². The predicted octanol–water partition coefficient (Wildman–Crippen LogP) is 0.993. The molecule has 1 fully saturated rings. The van der Waals surface area contributed by atoms with Crippen molar-refractivity contribution < 1.29 is 4.79 Å². The number of hydrogen-bond acceptors (Lipinski definition) is 3. The van der Waals surface area contributed by atoms with E-state index in [9.17, 15) is 4.79 Å². The summed E-state index contributed by atoms with van der Waals surface area (Å²) in [6.45, 7) is 2.02. The second-order valence-electron chi connectivity index (χ2n) is 5.37. The Hall–Kier alpha value is -1.88. The normalized spacial score (nSPS) is 14.6. The van der Waals surface area contributed by atoms with E-state index in [1.165, 1.54) is 12.8 Å². The molecule has 0 atom stereocenters. The largest absolute Gasteiger partial charge is 0.355 e. The summed E-state index contributed by atoms with van der Waals surface area (Å²) in [4.78, 5) is 16.1. The van der Waals surface area contributed by atoms with Crippen LogP contribution in [-0.4, -0.2) is 34.9 Å². The van der Waals surface area contributed by atoms with E-state index in [1.807, 2.05) is 35.0 Å². The predicted molar refractivity (Wildman–Crippen MR) is 77.5 cm³/mol. The summed E-state index contributed by atoms with van der Waals surface area (Å²) in [5.74, 6) is 0.871. The second-order valence-corrected chi connectivity index (χ2v) is 5.37. The molecule has 106 valence electrons. The highest BCUT2D eigenvalue weighted by molar-refractivity contribution is 5.77. The molecule has 0 bridgehead atoms. The minimum atomic E-state index is 0.0643. The minimum Gasteiger partial charge on any atom is -0.355 e. The lowest BCUT2D eigenvalue weighted by molar-refractivity contribution is -0.120. The van der Waals surface area contributed by atoms with Crippen LogP contribution in [-0.2, 0) is 11.2 Å². The fraction of sp³-hybridized carbons (Fsp3) is 0.467. The van der Waals surface area contributed by atoms with Crippen LogP contribution in [0.3, 0.4) is 0 Å². The Balaban J connectivity index is 1.38. The van der Waals surface area contributed by atoms with Gasteiger partial charge in [-0.05, 0) is 37.4 Å². The number of pyridine rings is 1. The second kappa shape index (κ2) is 6.05. The monoisotopic (exact) mass is 272 g/mol. The molecule has 2 aromatic rings. The number of hydrogen-bond donors (Lipinski definition) is 2. The van der Waals surface area contributed by atoms with Gasteiger partial charge in [0.15, 0.2) is 0 Å². The Kier molecular flexibility index (Phi) is 3.97. The van der Waals surface area contributed by atoms with Crippen molar-refractivity contribution in [2.45, 2.75) is 19.3 Å². The number of carbonyl (C=O) groups is 1. The molecule has 2 N–H and O–H groups in total. The number of imidazole rings is 1. The molecular weight excluding hydrogens is 252 g/mol. The molecule has 3 rings (SSSR count). The summed E-state index contributed by atoms with van der Waals surface area (Å²) in [6, 6.07) is 5.93. The van der Waals surface area contributed by atoms with Gasteiger partial charge in [-0.15, -0.1) is 0 Å². The summed E-state index contributed by atoms with van der Waals surface area (Å²) < 4.78 is 1.99. The summed E-state index contributed by atoms with van der Waals surface area (Å²) in [7, 11) is 0. The van der Waals surface area contributed by atoms with E-state index >= 15 is 0 Å². The molecule has 5 nitrogen and oxygen atoms in total. The fourth-order valence-electron chi connectivity index (χ4n) is 2.21. The zero-order valence-corrected chi connectivity index (χ0v) is 11.5. The van der Waals surface area contributed by atoms with Gasteiger partial charge in [0.2, 0.25) is 5.91 Å². The molecule has 1 aliphatic carbocycles. The SMILES string of the molecule is O=C(CNCC1CC1)NCCc1cn2ccccc2n1. The summed E-state index contributed by atoms with van der Waals surface area (Å²) in [6.07, 6.45) is 7.36. The van der Waals surface area contributed by atoms with E-state index < -0.39 is 0 Å². The van der Waals surface area contributed by atoms with Crippen LogP contribution in [0.5, 0.6) is 0 Å². The maximum atomic E-state index is 11.6. The Morgan fingerprint density at radius 1 is 1.40 bits per heavy atom. The lowest BCUT2D eigenvalue weighted by Gasteiger charge is -2.05. The molecule has 1 saturated carbocycles. The van der Waals surface area contributed by atoms with Crippen LogP contribution in [0.25, 0.3) is 5.65 Å². The number of fused-ring (bicyclic) bond motifs is 1. The van der Waals surface area contributed by atoms with Crippen LogP contribution in [0.4, 0.5) is 0 Å². The third kappa shape index (κ3) is 3.57. The van der Waals surface area contributed by atoms with Crippen molar-refractivity contribution in [1.29, 1.82) is 0 Å². The maximum absolute atomic E-state index is 11.6. The summed E-state index contributed by atoms with van der Waals surface area (Å²) in [5, 5.41) is 6.10. The number of aromatic nitrogens is 2. The molecule has 0 spiro atoms. The number of carbonyl (C=O) groups excluding carboxylic acids is 1. The van der Waals surface area contributed by atoms with Crippen LogP contribution < -0.4 is 10.6 Å². The van der Waals surface area contributed by atoms with Crippen LogP contribution in [0, 0.1) is 5.92 Å². The lowest BCUT2D eigenvalue weighted by Crippen LogP contribution is -2.35. The average molecular weight is 272 g/mol. The zero-order chi connectivity index (χ0) is 13.8. The van der Waals surface area contributed by atoms with Crippen molar-refractivity contribution in [2.24, 2.45) is 5.92 Å². The molecule has 0 saturated heterocycles. The number of nitrogens with one attached hydrogen (secondary N) is 2. The first-order valence-electron chi connectivity index (χ1n) is 7.21. The van der Waals surface area contributed by atoms with E-state index in [0.717, 1.165) is 30.2 Å². The lowest BCUT2D eigenvalue weighted by atomic mass is 10.3. The molecule has 2 heterocycles. The third-order valence-corrected chi connectivity index (χ3v) is 3.53. The van der Waals surface area contributed by atoms with Crippen molar-refractivity contribution in [3.8, 4) is 0 Å². The van der Waals surface area contributed by atoms with E-state index in [-0.39, 0.29) is 5.91 Å². The molecule has 20 heavy (non-hydrogen) atoms. The van der Waals surface area contributed by atoms with Crippen molar-refractivity contribution >= 4 is 11.6 Å². The standard InChI is InChI=1S/C15H20N4O/c20-15(10-16-9-12-4-5-12)17-7-6-13-11-19-8-2-1-3-14(19)18-13/h1-3,8,11-12,16H,4-7,9-10H2,(H,17,20). The van der Waals surface area contributed by atoms with Gasteiger partial charge in [-0.1, -0.05) is 6.07 Å². The van der Waals surface area contributed by atoms with Gasteiger partial charge in [0.25, 0.3) is 0 Å². The third-order valence-electron chi connectivity index (χ3n) is 3.53. The van der Waals surface area contributed by atoms with E-state index in [1.54, 1.807) is 0 Å². The molecule has 0 radical (unpaired) electrons. The quantitative estimate of drug-likeness (QED) is 0.790. The average Bonchev–Trinajstić information content (AvgIpc) is 3.17. The first-order valence-corrected chi connectivity index (χ1v) is 7.21. The molecule has 0 unspecified atom stereocenters. The first-order chi connectivity index (χ1) is 9.81.